The van der Waals surface area contributed by atoms with Crippen LogP contribution in [0.4, 0.5) is 15.8 Å². The standard InChI is InChI=1S/C16H14ClFN2O3/c1-9-2-4-11(7-13(9)17)20-15(21)8-23-16(22)12-5-3-10(18)6-14(12)19/h2-7H,8,19H2,1H3,(H,20,21). The first kappa shape index (κ1) is 16.8. The van der Waals surface area contributed by atoms with Crippen LogP contribution in [0, 0.1) is 12.7 Å². The summed E-state index contributed by atoms with van der Waals surface area (Å²) in [5.41, 5.74) is 6.84. The van der Waals surface area contributed by atoms with Crippen molar-refractivity contribution in [2.24, 2.45) is 0 Å². The second-order valence-electron chi connectivity index (χ2n) is 4.82. The van der Waals surface area contributed by atoms with Gasteiger partial charge < -0.3 is 15.8 Å². The number of amides is 1. The van der Waals surface area contributed by atoms with Crippen molar-refractivity contribution in [3.63, 3.8) is 0 Å². The molecule has 5 nitrogen and oxygen atoms in total. The van der Waals surface area contributed by atoms with E-state index in [0.717, 1.165) is 17.7 Å². The molecule has 0 aromatic heterocycles. The average molecular weight is 337 g/mol. The maximum absolute atomic E-state index is 12.9. The number of aryl methyl sites for hydroxylation is 1. The van der Waals surface area contributed by atoms with Gasteiger partial charge in [-0.15, -0.1) is 0 Å². The highest BCUT2D eigenvalue weighted by molar-refractivity contribution is 6.31. The van der Waals surface area contributed by atoms with Crippen molar-refractivity contribution in [1.82, 2.24) is 0 Å². The Morgan fingerprint density at radius 1 is 1.26 bits per heavy atom. The number of ether oxygens (including phenoxy) is 1. The fourth-order valence-electron chi connectivity index (χ4n) is 1.80. The summed E-state index contributed by atoms with van der Waals surface area (Å²) in [7, 11) is 0. The summed E-state index contributed by atoms with van der Waals surface area (Å²) in [5.74, 6) is -1.90. The largest absolute Gasteiger partial charge is 0.452 e. The summed E-state index contributed by atoms with van der Waals surface area (Å²) in [6, 6.07) is 8.31. The number of halogens is 2. The van der Waals surface area contributed by atoms with Crippen LogP contribution < -0.4 is 11.1 Å². The maximum Gasteiger partial charge on any atom is 0.340 e. The van der Waals surface area contributed by atoms with Gasteiger partial charge in [-0.05, 0) is 42.8 Å². The predicted molar refractivity (Wildman–Crippen MR) is 85.9 cm³/mol. The van der Waals surface area contributed by atoms with Gasteiger partial charge in [-0.2, -0.15) is 0 Å². The number of nitrogens with two attached hydrogens (primary N) is 1. The Hall–Kier alpha value is -2.60. The van der Waals surface area contributed by atoms with Crippen LogP contribution in [0.3, 0.4) is 0 Å². The number of hydrogen-bond acceptors (Lipinski definition) is 4. The second-order valence-corrected chi connectivity index (χ2v) is 5.23. The summed E-state index contributed by atoms with van der Waals surface area (Å²) >= 11 is 5.95. The fourth-order valence-corrected chi connectivity index (χ4v) is 1.98. The Morgan fingerprint density at radius 3 is 2.65 bits per heavy atom. The van der Waals surface area contributed by atoms with Gasteiger partial charge in [0.15, 0.2) is 6.61 Å². The van der Waals surface area contributed by atoms with Crippen LogP contribution in [-0.4, -0.2) is 18.5 Å². The van der Waals surface area contributed by atoms with Crippen LogP contribution in [0.1, 0.15) is 15.9 Å². The van der Waals surface area contributed by atoms with Crippen molar-refractivity contribution < 1.29 is 18.7 Å². The van der Waals surface area contributed by atoms with Crippen LogP contribution in [-0.2, 0) is 9.53 Å². The van der Waals surface area contributed by atoms with Crippen LogP contribution >= 0.6 is 11.6 Å². The number of hydrogen-bond donors (Lipinski definition) is 2. The van der Waals surface area contributed by atoms with Gasteiger partial charge in [0.1, 0.15) is 5.82 Å². The predicted octanol–water partition coefficient (Wildman–Crippen LogP) is 3.17. The van der Waals surface area contributed by atoms with E-state index in [-0.39, 0.29) is 11.3 Å². The molecule has 0 bridgehead atoms. The molecule has 0 aliphatic heterocycles. The molecule has 0 radical (unpaired) electrons. The number of carbonyl (C=O) groups excluding carboxylic acids is 2. The minimum Gasteiger partial charge on any atom is -0.452 e. The molecule has 0 saturated heterocycles. The topological polar surface area (TPSA) is 81.4 Å². The molecule has 2 rings (SSSR count). The number of benzene rings is 2. The summed E-state index contributed by atoms with van der Waals surface area (Å²) in [6.45, 7) is 1.34. The van der Waals surface area contributed by atoms with Gasteiger partial charge in [0.25, 0.3) is 5.91 Å². The van der Waals surface area contributed by atoms with Gasteiger partial charge in [-0.3, -0.25) is 4.79 Å². The van der Waals surface area contributed by atoms with Gasteiger partial charge >= 0.3 is 5.97 Å². The number of esters is 1. The third-order valence-corrected chi connectivity index (χ3v) is 3.43. The number of rotatable bonds is 4. The minimum atomic E-state index is -0.806. The molecule has 0 aliphatic rings. The van der Waals surface area contributed by atoms with Gasteiger partial charge in [0.2, 0.25) is 0 Å². The van der Waals surface area contributed by atoms with Gasteiger partial charge in [0.05, 0.1) is 5.56 Å². The molecule has 1 amide bonds. The Balaban J connectivity index is 1.93. The molecule has 2 aromatic carbocycles. The van der Waals surface area contributed by atoms with Crippen molar-refractivity contribution in [1.29, 1.82) is 0 Å². The molecule has 0 unspecified atom stereocenters. The van der Waals surface area contributed by atoms with Crippen LogP contribution in [0.2, 0.25) is 5.02 Å². The quantitative estimate of drug-likeness (QED) is 0.663. The maximum atomic E-state index is 12.9. The average Bonchev–Trinajstić information content (AvgIpc) is 2.48. The molecule has 0 spiro atoms. The summed E-state index contributed by atoms with van der Waals surface area (Å²) in [4.78, 5) is 23.6. The van der Waals surface area contributed by atoms with E-state index in [1.54, 1.807) is 18.2 Å². The summed E-state index contributed by atoms with van der Waals surface area (Å²) in [6.07, 6.45) is 0. The van der Waals surface area contributed by atoms with Crippen molar-refractivity contribution in [2.45, 2.75) is 6.92 Å². The van der Waals surface area contributed by atoms with Crippen LogP contribution in [0.15, 0.2) is 36.4 Å². The van der Waals surface area contributed by atoms with Gasteiger partial charge in [-0.1, -0.05) is 17.7 Å². The molecule has 0 saturated carbocycles. The van der Waals surface area contributed by atoms with Crippen molar-refractivity contribution in [3.8, 4) is 0 Å². The first-order chi connectivity index (χ1) is 10.9. The van der Waals surface area contributed by atoms with E-state index in [0.29, 0.717) is 10.7 Å². The van der Waals surface area contributed by atoms with E-state index >= 15 is 0 Å². The Morgan fingerprint density at radius 2 is 2.00 bits per heavy atom. The van der Waals surface area contributed by atoms with Gasteiger partial charge in [-0.25, -0.2) is 9.18 Å². The fraction of sp³-hybridized carbons (Fsp3) is 0.125. The first-order valence-electron chi connectivity index (χ1n) is 6.65. The molecule has 3 N–H and O–H groups in total. The molecule has 0 aliphatic carbocycles. The van der Waals surface area contributed by atoms with E-state index in [2.05, 4.69) is 5.32 Å². The highest BCUT2D eigenvalue weighted by Crippen LogP contribution is 2.20. The molecule has 0 fully saturated rings. The molecular formula is C16H14ClFN2O3. The SMILES string of the molecule is Cc1ccc(NC(=O)COC(=O)c2ccc(F)cc2N)cc1Cl. The number of anilines is 2. The molecule has 120 valence electrons. The van der Waals surface area contributed by atoms with E-state index in [9.17, 15) is 14.0 Å². The zero-order chi connectivity index (χ0) is 17.0. The Kier molecular flexibility index (Phi) is 5.18. The molecule has 23 heavy (non-hydrogen) atoms. The normalized spacial score (nSPS) is 10.2. The van der Waals surface area contributed by atoms with Gasteiger partial charge in [0, 0.05) is 16.4 Å². The number of nitrogen functional groups attached to an aromatic ring is 1. The zero-order valence-electron chi connectivity index (χ0n) is 12.2. The van der Waals surface area contributed by atoms with Crippen LogP contribution in [0.5, 0.6) is 0 Å². The van der Waals surface area contributed by atoms with Crippen molar-refractivity contribution >= 4 is 34.9 Å². The molecule has 0 atom stereocenters. The Labute approximate surface area is 137 Å². The highest BCUT2D eigenvalue weighted by Gasteiger charge is 2.14. The third-order valence-electron chi connectivity index (χ3n) is 3.02. The third kappa shape index (κ3) is 4.43. The van der Waals surface area contributed by atoms with E-state index in [4.69, 9.17) is 22.1 Å². The summed E-state index contributed by atoms with van der Waals surface area (Å²) in [5, 5.41) is 3.06. The second kappa shape index (κ2) is 7.11. The number of nitrogens with one attached hydrogen (secondary N) is 1. The highest BCUT2D eigenvalue weighted by atomic mass is 35.5. The Bertz CT molecular complexity index is 765. The lowest BCUT2D eigenvalue weighted by molar-refractivity contribution is -0.119. The van der Waals surface area contributed by atoms with E-state index < -0.39 is 24.3 Å². The molecule has 2 aromatic rings. The first-order valence-corrected chi connectivity index (χ1v) is 7.03. The van der Waals surface area contributed by atoms with E-state index in [1.807, 2.05) is 6.92 Å². The zero-order valence-corrected chi connectivity index (χ0v) is 13.0. The lowest BCUT2D eigenvalue weighted by atomic mass is 10.2. The number of carbonyl (C=O) groups is 2. The molecule has 7 heteroatoms. The van der Waals surface area contributed by atoms with Crippen molar-refractivity contribution in [2.75, 3.05) is 17.7 Å². The van der Waals surface area contributed by atoms with Crippen molar-refractivity contribution in [3.05, 3.63) is 58.4 Å². The molecule has 0 heterocycles. The smallest absolute Gasteiger partial charge is 0.340 e. The molecular weight excluding hydrogens is 323 g/mol. The lowest BCUT2D eigenvalue weighted by Gasteiger charge is -2.09. The monoisotopic (exact) mass is 336 g/mol. The summed E-state index contributed by atoms with van der Waals surface area (Å²) < 4.78 is 17.8. The van der Waals surface area contributed by atoms with E-state index in [1.165, 1.54) is 6.07 Å². The minimum absolute atomic E-state index is 0.00224. The van der Waals surface area contributed by atoms with Crippen LogP contribution in [0.25, 0.3) is 0 Å². The lowest BCUT2D eigenvalue weighted by Crippen LogP contribution is -2.21.